The molecule has 1 aromatic rings. The summed E-state index contributed by atoms with van der Waals surface area (Å²) in [6.07, 6.45) is 1.03. The highest BCUT2D eigenvalue weighted by atomic mass is 35.5. The second-order valence-electron chi connectivity index (χ2n) is 5.68. The number of halogens is 1. The first-order valence-corrected chi connectivity index (χ1v) is 7.32. The molecule has 0 bridgehead atoms. The lowest BCUT2D eigenvalue weighted by Gasteiger charge is -2.36. The number of carbonyl (C=O) groups is 1. The van der Waals surface area contributed by atoms with E-state index in [4.69, 9.17) is 11.6 Å². The topological polar surface area (TPSA) is 23.6 Å². The fourth-order valence-corrected chi connectivity index (χ4v) is 3.60. The van der Waals surface area contributed by atoms with Crippen LogP contribution in [0.25, 0.3) is 0 Å². The maximum Gasteiger partial charge on any atom is 0.242 e. The monoisotopic (exact) mass is 278 g/mol. The average Bonchev–Trinajstić information content (AvgIpc) is 2.71. The lowest BCUT2D eigenvalue weighted by molar-refractivity contribution is -0.116. The van der Waals surface area contributed by atoms with Gasteiger partial charge >= 0.3 is 0 Å². The SMILES string of the molecule is Cc1ccc2c(c1)[C@H]1CN(C)CC[C@H]1N2C(=O)CCl. The smallest absolute Gasteiger partial charge is 0.242 e. The molecule has 1 aromatic carbocycles. The molecule has 0 radical (unpaired) electrons. The summed E-state index contributed by atoms with van der Waals surface area (Å²) in [7, 11) is 2.15. The van der Waals surface area contributed by atoms with Crippen molar-refractivity contribution in [3.63, 3.8) is 0 Å². The number of alkyl halides is 1. The molecule has 1 fully saturated rings. The van der Waals surface area contributed by atoms with Gasteiger partial charge in [-0.3, -0.25) is 4.79 Å². The molecule has 19 heavy (non-hydrogen) atoms. The van der Waals surface area contributed by atoms with Crippen LogP contribution in [-0.2, 0) is 4.79 Å². The number of nitrogens with zero attached hydrogens (tertiary/aromatic N) is 2. The molecule has 0 spiro atoms. The Morgan fingerprint density at radius 1 is 1.47 bits per heavy atom. The normalized spacial score (nSPS) is 26.2. The maximum absolute atomic E-state index is 12.2. The summed E-state index contributed by atoms with van der Waals surface area (Å²) in [5.41, 5.74) is 3.64. The summed E-state index contributed by atoms with van der Waals surface area (Å²) in [5.74, 6) is 0.525. The lowest BCUT2D eigenvalue weighted by atomic mass is 9.89. The van der Waals surface area contributed by atoms with Gasteiger partial charge in [-0.25, -0.2) is 0 Å². The number of benzene rings is 1. The molecule has 2 atom stereocenters. The van der Waals surface area contributed by atoms with Gasteiger partial charge < -0.3 is 9.80 Å². The Kier molecular flexibility index (Phi) is 3.27. The van der Waals surface area contributed by atoms with Crippen molar-refractivity contribution in [1.29, 1.82) is 0 Å². The van der Waals surface area contributed by atoms with E-state index in [0.29, 0.717) is 12.0 Å². The summed E-state index contributed by atoms with van der Waals surface area (Å²) in [6, 6.07) is 6.68. The molecule has 3 rings (SSSR count). The number of anilines is 1. The van der Waals surface area contributed by atoms with Crippen LogP contribution in [0.1, 0.15) is 23.5 Å². The number of fused-ring (bicyclic) bond motifs is 3. The predicted octanol–water partition coefficient (Wildman–Crippen LogP) is 2.37. The molecule has 0 saturated carbocycles. The minimum atomic E-state index is 0.0313. The van der Waals surface area contributed by atoms with Crippen LogP contribution in [0.3, 0.4) is 0 Å². The second-order valence-corrected chi connectivity index (χ2v) is 5.95. The zero-order valence-electron chi connectivity index (χ0n) is 11.4. The number of carbonyl (C=O) groups excluding carboxylic acids is 1. The number of piperidine rings is 1. The summed E-state index contributed by atoms with van der Waals surface area (Å²) < 4.78 is 0. The molecular formula is C15H19ClN2O. The molecule has 0 aliphatic carbocycles. The van der Waals surface area contributed by atoms with Crippen molar-refractivity contribution < 1.29 is 4.79 Å². The molecule has 0 unspecified atom stereocenters. The molecule has 102 valence electrons. The predicted molar refractivity (Wildman–Crippen MR) is 78.0 cm³/mol. The number of likely N-dealkylation sites (N-methyl/N-ethyl adjacent to an activating group) is 1. The van der Waals surface area contributed by atoms with E-state index >= 15 is 0 Å². The summed E-state index contributed by atoms with van der Waals surface area (Å²) in [5, 5.41) is 0. The van der Waals surface area contributed by atoms with E-state index in [1.165, 1.54) is 11.1 Å². The van der Waals surface area contributed by atoms with Crippen LogP contribution in [0.4, 0.5) is 5.69 Å². The second kappa shape index (κ2) is 4.80. The van der Waals surface area contributed by atoms with Crippen molar-refractivity contribution in [1.82, 2.24) is 4.90 Å². The molecular weight excluding hydrogens is 260 g/mol. The van der Waals surface area contributed by atoms with Crippen molar-refractivity contribution in [2.45, 2.75) is 25.3 Å². The molecule has 3 nitrogen and oxygen atoms in total. The first-order chi connectivity index (χ1) is 9.11. The van der Waals surface area contributed by atoms with Crippen LogP contribution in [-0.4, -0.2) is 42.9 Å². The summed E-state index contributed by atoms with van der Waals surface area (Å²) >= 11 is 5.79. The molecule has 2 heterocycles. The fourth-order valence-electron chi connectivity index (χ4n) is 3.47. The van der Waals surface area contributed by atoms with Crippen molar-refractivity contribution in [3.8, 4) is 0 Å². The zero-order chi connectivity index (χ0) is 13.6. The average molecular weight is 279 g/mol. The Bertz CT molecular complexity index is 517. The van der Waals surface area contributed by atoms with Crippen molar-refractivity contribution >= 4 is 23.2 Å². The minimum Gasteiger partial charge on any atom is -0.307 e. The van der Waals surface area contributed by atoms with E-state index in [-0.39, 0.29) is 11.8 Å². The highest BCUT2D eigenvalue weighted by molar-refractivity contribution is 6.29. The summed E-state index contributed by atoms with van der Waals surface area (Å²) in [6.45, 7) is 4.17. The number of amides is 1. The molecule has 2 aliphatic heterocycles. The Morgan fingerprint density at radius 2 is 2.26 bits per heavy atom. The molecule has 0 aromatic heterocycles. The fraction of sp³-hybridized carbons (Fsp3) is 0.533. The Labute approximate surface area is 119 Å². The van der Waals surface area contributed by atoms with Gasteiger partial charge in [-0.2, -0.15) is 0 Å². The number of hydrogen-bond acceptors (Lipinski definition) is 2. The van der Waals surface area contributed by atoms with Gasteiger partial charge in [0, 0.05) is 24.2 Å². The van der Waals surface area contributed by atoms with Gasteiger partial charge in [0.05, 0.1) is 0 Å². The standard InChI is InChI=1S/C15H19ClN2O/c1-10-3-4-13-11(7-10)12-9-17(2)6-5-14(12)18(13)15(19)8-16/h3-4,7,12,14H,5-6,8-9H2,1-2H3/t12-,14-/m1/s1. The van der Waals surface area contributed by atoms with Gasteiger partial charge in [0.15, 0.2) is 0 Å². The molecule has 1 saturated heterocycles. The van der Waals surface area contributed by atoms with Crippen molar-refractivity contribution in [3.05, 3.63) is 29.3 Å². The highest BCUT2D eigenvalue weighted by Gasteiger charge is 2.43. The number of rotatable bonds is 1. The Balaban J connectivity index is 2.06. The van der Waals surface area contributed by atoms with E-state index in [1.54, 1.807) is 0 Å². The van der Waals surface area contributed by atoms with Gasteiger partial charge in [0.25, 0.3) is 0 Å². The van der Waals surface area contributed by atoms with Gasteiger partial charge in [0.2, 0.25) is 5.91 Å². The van der Waals surface area contributed by atoms with Crippen LogP contribution in [0.15, 0.2) is 18.2 Å². The third-order valence-corrected chi connectivity index (χ3v) is 4.56. The largest absolute Gasteiger partial charge is 0.307 e. The lowest BCUT2D eigenvalue weighted by Crippen LogP contribution is -2.47. The van der Waals surface area contributed by atoms with E-state index in [1.807, 2.05) is 4.90 Å². The quantitative estimate of drug-likeness (QED) is 0.737. The zero-order valence-corrected chi connectivity index (χ0v) is 12.2. The van der Waals surface area contributed by atoms with Gasteiger partial charge in [-0.15, -0.1) is 11.6 Å². The van der Waals surface area contributed by atoms with Crippen LogP contribution >= 0.6 is 11.6 Å². The van der Waals surface area contributed by atoms with Crippen LogP contribution in [0.5, 0.6) is 0 Å². The number of likely N-dealkylation sites (tertiary alicyclic amines) is 1. The molecule has 4 heteroatoms. The first-order valence-electron chi connectivity index (χ1n) is 6.79. The van der Waals surface area contributed by atoms with Crippen LogP contribution in [0, 0.1) is 6.92 Å². The van der Waals surface area contributed by atoms with Crippen LogP contribution in [0.2, 0.25) is 0 Å². The van der Waals surface area contributed by atoms with Gasteiger partial charge in [0.1, 0.15) is 5.88 Å². The van der Waals surface area contributed by atoms with Crippen molar-refractivity contribution in [2.24, 2.45) is 0 Å². The number of hydrogen-bond donors (Lipinski definition) is 0. The number of aryl methyl sites for hydroxylation is 1. The molecule has 0 N–H and O–H groups in total. The molecule has 2 aliphatic rings. The van der Waals surface area contributed by atoms with E-state index < -0.39 is 0 Å². The minimum absolute atomic E-state index is 0.0313. The third-order valence-electron chi connectivity index (χ3n) is 4.34. The van der Waals surface area contributed by atoms with E-state index in [9.17, 15) is 4.79 Å². The molecule has 1 amide bonds. The third kappa shape index (κ3) is 2.05. The van der Waals surface area contributed by atoms with Gasteiger partial charge in [-0.1, -0.05) is 17.7 Å². The Hall–Kier alpha value is -1.06. The first kappa shape index (κ1) is 12.9. The van der Waals surface area contributed by atoms with Gasteiger partial charge in [-0.05, 0) is 38.6 Å². The van der Waals surface area contributed by atoms with E-state index in [0.717, 1.165) is 25.2 Å². The van der Waals surface area contributed by atoms with Crippen LogP contribution < -0.4 is 4.90 Å². The highest BCUT2D eigenvalue weighted by Crippen LogP contribution is 2.44. The van der Waals surface area contributed by atoms with E-state index in [2.05, 4.69) is 37.1 Å². The summed E-state index contributed by atoms with van der Waals surface area (Å²) in [4.78, 5) is 16.5. The Morgan fingerprint density at radius 3 is 3.00 bits per heavy atom. The van der Waals surface area contributed by atoms with Crippen molar-refractivity contribution in [2.75, 3.05) is 30.9 Å². The maximum atomic E-state index is 12.2.